The van der Waals surface area contributed by atoms with Crippen LogP contribution in [0.1, 0.15) is 5.56 Å². The van der Waals surface area contributed by atoms with Crippen LogP contribution in [-0.4, -0.2) is 14.9 Å². The van der Waals surface area contributed by atoms with Gasteiger partial charge in [0.25, 0.3) is 5.56 Å². The van der Waals surface area contributed by atoms with Gasteiger partial charge in [-0.25, -0.2) is 4.79 Å². The minimum Gasteiger partial charge on any atom is -0.314 e. The highest BCUT2D eigenvalue weighted by Gasteiger charge is 2.01. The molecule has 1 heterocycles. The molecule has 1 aromatic rings. The predicted molar refractivity (Wildman–Crippen MR) is 49.8 cm³/mol. The molecule has 5 heteroatoms. The Morgan fingerprint density at radius 2 is 2.25 bits per heavy atom. The van der Waals surface area contributed by atoms with E-state index in [4.69, 9.17) is 0 Å². The summed E-state index contributed by atoms with van der Waals surface area (Å²) in [6.07, 6.45) is 2.09. The van der Waals surface area contributed by atoms with Crippen LogP contribution < -0.4 is 11.2 Å². The highest BCUT2D eigenvalue weighted by atomic mass is 79.9. The molecule has 0 saturated carbocycles. The van der Waals surface area contributed by atoms with E-state index < -0.39 is 0 Å². The Balaban J connectivity index is 3.27. The number of alkyl halides is 1. The molecule has 66 valence electrons. The predicted octanol–water partition coefficient (Wildman–Crippen LogP) is 0.0110. The van der Waals surface area contributed by atoms with E-state index >= 15 is 0 Å². The summed E-state index contributed by atoms with van der Waals surface area (Å²) in [5, 5.41) is 0.717. The normalized spacial score (nSPS) is 10.2. The highest BCUT2D eigenvalue weighted by Crippen LogP contribution is 1.91. The van der Waals surface area contributed by atoms with Crippen molar-refractivity contribution < 1.29 is 0 Å². The summed E-state index contributed by atoms with van der Waals surface area (Å²) < 4.78 is 1.07. The van der Waals surface area contributed by atoms with Crippen LogP contribution in [0.2, 0.25) is 0 Å². The van der Waals surface area contributed by atoms with Crippen molar-refractivity contribution in [1.82, 2.24) is 9.55 Å². The maximum Gasteiger partial charge on any atom is 0.328 e. The van der Waals surface area contributed by atoms with Crippen LogP contribution in [0.3, 0.4) is 0 Å². The SMILES string of the molecule is Cn1c(=O)[nH]cc(CCBr)c1=O. The zero-order valence-corrected chi connectivity index (χ0v) is 8.22. The molecule has 0 aliphatic carbocycles. The minimum absolute atomic E-state index is 0.224. The first kappa shape index (κ1) is 9.25. The smallest absolute Gasteiger partial charge is 0.314 e. The number of aromatic amines is 1. The molecule has 0 fully saturated rings. The summed E-state index contributed by atoms with van der Waals surface area (Å²) in [4.78, 5) is 24.7. The zero-order valence-electron chi connectivity index (χ0n) is 6.63. The van der Waals surface area contributed by atoms with E-state index in [-0.39, 0.29) is 11.2 Å². The lowest BCUT2D eigenvalue weighted by Gasteiger charge is -1.98. The van der Waals surface area contributed by atoms with Gasteiger partial charge in [-0.1, -0.05) is 15.9 Å². The van der Waals surface area contributed by atoms with Crippen molar-refractivity contribution in [3.8, 4) is 0 Å². The summed E-state index contributed by atoms with van der Waals surface area (Å²) in [7, 11) is 1.46. The van der Waals surface area contributed by atoms with Crippen molar-refractivity contribution in [2.24, 2.45) is 7.05 Å². The third kappa shape index (κ3) is 1.66. The molecule has 0 aliphatic rings. The molecule has 1 rings (SSSR count). The Kier molecular flexibility index (Phi) is 2.86. The molecule has 1 aromatic heterocycles. The van der Waals surface area contributed by atoms with Crippen LogP contribution in [0.25, 0.3) is 0 Å². The van der Waals surface area contributed by atoms with E-state index in [1.165, 1.54) is 13.2 Å². The summed E-state index contributed by atoms with van der Waals surface area (Å²) in [6, 6.07) is 0. The van der Waals surface area contributed by atoms with Crippen LogP contribution in [0.5, 0.6) is 0 Å². The van der Waals surface area contributed by atoms with E-state index in [0.717, 1.165) is 4.57 Å². The fraction of sp³-hybridized carbons (Fsp3) is 0.429. The number of aromatic nitrogens is 2. The molecule has 0 atom stereocenters. The molecular formula is C7H9BrN2O2. The number of hydrogen-bond acceptors (Lipinski definition) is 2. The lowest BCUT2D eigenvalue weighted by molar-refractivity contribution is 0.756. The first-order valence-corrected chi connectivity index (χ1v) is 4.62. The zero-order chi connectivity index (χ0) is 9.14. The van der Waals surface area contributed by atoms with Crippen molar-refractivity contribution in [2.45, 2.75) is 6.42 Å². The van der Waals surface area contributed by atoms with E-state index in [2.05, 4.69) is 20.9 Å². The molecule has 0 unspecified atom stereocenters. The monoisotopic (exact) mass is 232 g/mol. The van der Waals surface area contributed by atoms with Gasteiger partial charge in [0.2, 0.25) is 0 Å². The van der Waals surface area contributed by atoms with E-state index in [0.29, 0.717) is 17.3 Å². The quantitative estimate of drug-likeness (QED) is 0.731. The van der Waals surface area contributed by atoms with E-state index in [1.54, 1.807) is 0 Å². The number of halogens is 1. The minimum atomic E-state index is -0.377. The molecule has 0 aliphatic heterocycles. The molecule has 0 saturated heterocycles. The number of rotatable bonds is 2. The maximum absolute atomic E-state index is 11.3. The maximum atomic E-state index is 11.3. The van der Waals surface area contributed by atoms with E-state index in [9.17, 15) is 9.59 Å². The average molecular weight is 233 g/mol. The van der Waals surface area contributed by atoms with Crippen LogP contribution in [-0.2, 0) is 13.5 Å². The average Bonchev–Trinajstić information content (AvgIpc) is 2.07. The highest BCUT2D eigenvalue weighted by molar-refractivity contribution is 9.09. The van der Waals surface area contributed by atoms with Gasteiger partial charge in [-0.2, -0.15) is 0 Å². The van der Waals surface area contributed by atoms with Crippen molar-refractivity contribution in [1.29, 1.82) is 0 Å². The molecule has 1 N–H and O–H groups in total. The van der Waals surface area contributed by atoms with Gasteiger partial charge in [-0.3, -0.25) is 9.36 Å². The van der Waals surface area contributed by atoms with Crippen molar-refractivity contribution in [3.05, 3.63) is 32.6 Å². The summed E-state index contributed by atoms with van der Waals surface area (Å²) in [5.41, 5.74) is 0.0190. The number of nitrogens with one attached hydrogen (secondary N) is 1. The van der Waals surface area contributed by atoms with Gasteiger partial charge in [0.05, 0.1) is 0 Å². The molecular weight excluding hydrogens is 224 g/mol. The Morgan fingerprint density at radius 3 is 2.83 bits per heavy atom. The lowest BCUT2D eigenvalue weighted by Crippen LogP contribution is -2.34. The molecule has 0 amide bonds. The fourth-order valence-corrected chi connectivity index (χ4v) is 1.32. The van der Waals surface area contributed by atoms with Gasteiger partial charge in [-0.05, 0) is 6.42 Å². The lowest BCUT2D eigenvalue weighted by atomic mass is 10.3. The van der Waals surface area contributed by atoms with Gasteiger partial charge in [0, 0.05) is 24.1 Å². The Labute approximate surface area is 77.4 Å². The number of aryl methyl sites for hydroxylation is 1. The topological polar surface area (TPSA) is 54.9 Å². The first-order chi connectivity index (χ1) is 5.66. The van der Waals surface area contributed by atoms with Crippen LogP contribution >= 0.6 is 15.9 Å². The Bertz CT molecular complexity index is 380. The molecule has 0 radical (unpaired) electrons. The Morgan fingerprint density at radius 1 is 1.58 bits per heavy atom. The summed E-state index contributed by atoms with van der Waals surface area (Å²) in [6.45, 7) is 0. The second-order valence-electron chi connectivity index (χ2n) is 2.42. The van der Waals surface area contributed by atoms with Crippen molar-refractivity contribution >= 4 is 15.9 Å². The standard InChI is InChI=1S/C7H9BrN2O2/c1-10-6(11)5(2-3-8)4-9-7(10)12/h4H,2-3H2,1H3,(H,9,12). The largest absolute Gasteiger partial charge is 0.328 e. The summed E-state index contributed by atoms with van der Waals surface area (Å²) >= 11 is 3.22. The molecule has 4 nitrogen and oxygen atoms in total. The fourth-order valence-electron chi connectivity index (χ4n) is 0.896. The van der Waals surface area contributed by atoms with Crippen molar-refractivity contribution in [2.75, 3.05) is 5.33 Å². The number of nitrogens with zero attached hydrogens (tertiary/aromatic N) is 1. The van der Waals surface area contributed by atoms with Crippen LogP contribution in [0.15, 0.2) is 15.8 Å². The molecule has 0 spiro atoms. The van der Waals surface area contributed by atoms with Gasteiger partial charge in [0.1, 0.15) is 0 Å². The number of hydrogen-bond donors (Lipinski definition) is 1. The van der Waals surface area contributed by atoms with Gasteiger partial charge in [-0.15, -0.1) is 0 Å². The molecule has 0 aromatic carbocycles. The summed E-state index contributed by atoms with van der Waals surface area (Å²) in [5.74, 6) is 0. The third-order valence-electron chi connectivity index (χ3n) is 1.62. The van der Waals surface area contributed by atoms with E-state index in [1.807, 2.05) is 0 Å². The van der Waals surface area contributed by atoms with Crippen LogP contribution in [0.4, 0.5) is 0 Å². The third-order valence-corrected chi connectivity index (χ3v) is 2.01. The van der Waals surface area contributed by atoms with Gasteiger partial charge >= 0.3 is 5.69 Å². The van der Waals surface area contributed by atoms with Gasteiger partial charge in [0.15, 0.2) is 0 Å². The second kappa shape index (κ2) is 3.71. The molecule has 0 bridgehead atoms. The van der Waals surface area contributed by atoms with Gasteiger partial charge < -0.3 is 4.98 Å². The van der Waals surface area contributed by atoms with Crippen LogP contribution in [0, 0.1) is 0 Å². The van der Waals surface area contributed by atoms with Crippen molar-refractivity contribution in [3.63, 3.8) is 0 Å². The second-order valence-corrected chi connectivity index (χ2v) is 3.22. The number of H-pyrrole nitrogens is 1. The first-order valence-electron chi connectivity index (χ1n) is 3.50. The molecule has 12 heavy (non-hydrogen) atoms. The Hall–Kier alpha value is -0.840.